The van der Waals surface area contributed by atoms with Crippen molar-refractivity contribution in [1.82, 2.24) is 9.80 Å². The Hall–Kier alpha value is -0.610. The highest BCUT2D eigenvalue weighted by Crippen LogP contribution is 2.06. The molecule has 1 N–H and O–H groups in total. The van der Waals surface area contributed by atoms with Crippen LogP contribution in [-0.2, 0) is 4.79 Å². The van der Waals surface area contributed by atoms with Crippen LogP contribution in [0, 0.1) is 0 Å². The number of carbonyl (C=O) groups is 1. The third-order valence-corrected chi connectivity index (χ3v) is 2.72. The van der Waals surface area contributed by atoms with Crippen LogP contribution in [-0.4, -0.2) is 59.6 Å². The molecule has 1 aliphatic rings. The molecule has 1 fully saturated rings. The summed E-state index contributed by atoms with van der Waals surface area (Å²) in [5.41, 5.74) is 0. The highest BCUT2D eigenvalue weighted by molar-refractivity contribution is 5.76. The van der Waals surface area contributed by atoms with Gasteiger partial charge in [0.2, 0.25) is 5.91 Å². The van der Waals surface area contributed by atoms with Crippen molar-refractivity contribution >= 4 is 5.91 Å². The van der Waals surface area contributed by atoms with Gasteiger partial charge in [0.1, 0.15) is 0 Å². The van der Waals surface area contributed by atoms with E-state index in [-0.39, 0.29) is 18.9 Å². The fraction of sp³-hybridized carbons (Fsp3) is 0.900. The van der Waals surface area contributed by atoms with E-state index in [1.54, 1.807) is 0 Å². The van der Waals surface area contributed by atoms with Gasteiger partial charge >= 0.3 is 0 Å². The lowest BCUT2D eigenvalue weighted by Crippen LogP contribution is -2.50. The van der Waals surface area contributed by atoms with Crippen LogP contribution in [0.1, 0.15) is 20.3 Å². The first-order valence-corrected chi connectivity index (χ1v) is 5.28. The number of piperazine rings is 1. The molecule has 4 nitrogen and oxygen atoms in total. The number of nitrogens with zero attached hydrogens (tertiary/aromatic N) is 2. The molecule has 0 atom stereocenters. The van der Waals surface area contributed by atoms with E-state index in [1.807, 2.05) is 4.90 Å². The average molecular weight is 200 g/mol. The number of amides is 1. The summed E-state index contributed by atoms with van der Waals surface area (Å²) in [5.74, 6) is 0.0795. The Kier molecular flexibility index (Phi) is 4.35. The highest BCUT2D eigenvalue weighted by Gasteiger charge is 2.21. The van der Waals surface area contributed by atoms with Gasteiger partial charge in [-0.05, 0) is 13.8 Å². The zero-order chi connectivity index (χ0) is 10.6. The first-order chi connectivity index (χ1) is 6.65. The fourth-order valence-electron chi connectivity index (χ4n) is 1.74. The summed E-state index contributed by atoms with van der Waals surface area (Å²) < 4.78 is 0. The predicted molar refractivity (Wildman–Crippen MR) is 55.0 cm³/mol. The van der Waals surface area contributed by atoms with Crippen LogP contribution in [0.5, 0.6) is 0 Å². The molecular weight excluding hydrogens is 180 g/mol. The summed E-state index contributed by atoms with van der Waals surface area (Å²) in [6.45, 7) is 7.82. The summed E-state index contributed by atoms with van der Waals surface area (Å²) in [4.78, 5) is 15.6. The lowest BCUT2D eigenvalue weighted by Gasteiger charge is -2.36. The average Bonchev–Trinajstić information content (AvgIpc) is 2.18. The van der Waals surface area contributed by atoms with Crippen molar-refractivity contribution in [2.75, 3.05) is 32.8 Å². The minimum atomic E-state index is -0.0385. The molecular formula is C10H20N2O2. The molecule has 0 bridgehead atoms. The molecule has 0 aromatic rings. The monoisotopic (exact) mass is 200 g/mol. The van der Waals surface area contributed by atoms with Crippen LogP contribution in [0.25, 0.3) is 0 Å². The first-order valence-electron chi connectivity index (χ1n) is 5.28. The predicted octanol–water partition coefficient (Wildman–Crippen LogP) is -0.0786. The smallest absolute Gasteiger partial charge is 0.224 e. The fourth-order valence-corrected chi connectivity index (χ4v) is 1.74. The Balaban J connectivity index is 2.31. The lowest BCUT2D eigenvalue weighted by atomic mass is 10.2. The standard InChI is InChI=1S/C10H20N2O2/c1-9(2)11-4-6-12(7-5-11)10(14)3-8-13/h9,13H,3-8H2,1-2H3. The van der Waals surface area contributed by atoms with E-state index >= 15 is 0 Å². The van der Waals surface area contributed by atoms with Gasteiger partial charge in [-0.3, -0.25) is 9.69 Å². The van der Waals surface area contributed by atoms with Crippen molar-refractivity contribution in [1.29, 1.82) is 0 Å². The van der Waals surface area contributed by atoms with Crippen molar-refractivity contribution in [3.05, 3.63) is 0 Å². The maximum absolute atomic E-state index is 11.4. The molecule has 0 aromatic carbocycles. The highest BCUT2D eigenvalue weighted by atomic mass is 16.3. The van der Waals surface area contributed by atoms with E-state index in [4.69, 9.17) is 5.11 Å². The van der Waals surface area contributed by atoms with Crippen LogP contribution in [0.3, 0.4) is 0 Å². The molecule has 1 amide bonds. The van der Waals surface area contributed by atoms with Gasteiger partial charge in [-0.2, -0.15) is 0 Å². The summed E-state index contributed by atoms with van der Waals surface area (Å²) >= 11 is 0. The van der Waals surface area contributed by atoms with Crippen LogP contribution >= 0.6 is 0 Å². The van der Waals surface area contributed by atoms with Crippen molar-refractivity contribution in [3.63, 3.8) is 0 Å². The van der Waals surface area contributed by atoms with E-state index < -0.39 is 0 Å². The first kappa shape index (κ1) is 11.5. The minimum Gasteiger partial charge on any atom is -0.396 e. The SMILES string of the molecule is CC(C)N1CCN(C(=O)CCO)CC1. The molecule has 0 saturated carbocycles. The third-order valence-electron chi connectivity index (χ3n) is 2.72. The number of aliphatic hydroxyl groups excluding tert-OH is 1. The second-order valence-electron chi connectivity index (χ2n) is 3.98. The second-order valence-corrected chi connectivity index (χ2v) is 3.98. The van der Waals surface area contributed by atoms with Crippen LogP contribution in [0.4, 0.5) is 0 Å². The largest absolute Gasteiger partial charge is 0.396 e. The molecule has 14 heavy (non-hydrogen) atoms. The van der Waals surface area contributed by atoms with E-state index in [2.05, 4.69) is 18.7 Å². The second kappa shape index (κ2) is 5.32. The zero-order valence-corrected chi connectivity index (χ0v) is 9.07. The van der Waals surface area contributed by atoms with Gasteiger partial charge in [-0.1, -0.05) is 0 Å². The number of carbonyl (C=O) groups excluding carboxylic acids is 1. The Morgan fingerprint density at radius 1 is 1.29 bits per heavy atom. The quantitative estimate of drug-likeness (QED) is 0.693. The van der Waals surface area contributed by atoms with Crippen LogP contribution < -0.4 is 0 Å². The van der Waals surface area contributed by atoms with Crippen LogP contribution in [0.2, 0.25) is 0 Å². The van der Waals surface area contributed by atoms with Gasteiger partial charge in [-0.15, -0.1) is 0 Å². The molecule has 1 rings (SSSR count). The zero-order valence-electron chi connectivity index (χ0n) is 9.07. The van der Waals surface area contributed by atoms with Gasteiger partial charge in [0.25, 0.3) is 0 Å². The summed E-state index contributed by atoms with van der Waals surface area (Å²) in [5, 5.41) is 8.65. The Morgan fingerprint density at radius 2 is 1.86 bits per heavy atom. The molecule has 1 saturated heterocycles. The van der Waals surface area contributed by atoms with Crippen molar-refractivity contribution in [3.8, 4) is 0 Å². The molecule has 1 heterocycles. The minimum absolute atomic E-state index is 0.0385. The van der Waals surface area contributed by atoms with Gasteiger partial charge in [-0.25, -0.2) is 0 Å². The molecule has 0 spiro atoms. The Labute approximate surface area is 85.5 Å². The lowest BCUT2D eigenvalue weighted by molar-refractivity contribution is -0.133. The number of aliphatic hydroxyl groups is 1. The molecule has 0 aromatic heterocycles. The van der Waals surface area contributed by atoms with Crippen LogP contribution in [0.15, 0.2) is 0 Å². The molecule has 0 aliphatic carbocycles. The molecule has 0 radical (unpaired) electrons. The van der Waals surface area contributed by atoms with E-state index in [9.17, 15) is 4.79 Å². The van der Waals surface area contributed by atoms with Crippen molar-refractivity contribution in [2.45, 2.75) is 26.3 Å². The molecule has 1 aliphatic heterocycles. The maximum atomic E-state index is 11.4. The summed E-state index contributed by atoms with van der Waals surface area (Å²) in [6, 6.07) is 0.560. The van der Waals surface area contributed by atoms with E-state index in [0.717, 1.165) is 26.2 Å². The Bertz CT molecular complexity index is 187. The Morgan fingerprint density at radius 3 is 2.29 bits per heavy atom. The van der Waals surface area contributed by atoms with Crippen molar-refractivity contribution < 1.29 is 9.90 Å². The summed E-state index contributed by atoms with van der Waals surface area (Å²) in [7, 11) is 0. The molecule has 82 valence electrons. The van der Waals surface area contributed by atoms with E-state index in [1.165, 1.54) is 0 Å². The number of rotatable bonds is 3. The molecule has 0 unspecified atom stereocenters. The molecule has 4 heteroatoms. The summed E-state index contributed by atoms with van der Waals surface area (Å²) in [6.07, 6.45) is 0.266. The van der Waals surface area contributed by atoms with Crippen molar-refractivity contribution in [2.24, 2.45) is 0 Å². The van der Waals surface area contributed by atoms with Gasteiger partial charge in [0.05, 0.1) is 6.61 Å². The number of hydrogen-bond acceptors (Lipinski definition) is 3. The maximum Gasteiger partial charge on any atom is 0.224 e. The number of hydrogen-bond donors (Lipinski definition) is 1. The van der Waals surface area contributed by atoms with Gasteiger partial charge < -0.3 is 10.0 Å². The normalized spacial score (nSPS) is 19.0. The van der Waals surface area contributed by atoms with Gasteiger partial charge in [0, 0.05) is 38.6 Å². The third kappa shape index (κ3) is 2.96. The topological polar surface area (TPSA) is 43.8 Å². The van der Waals surface area contributed by atoms with Gasteiger partial charge in [0.15, 0.2) is 0 Å². The van der Waals surface area contributed by atoms with E-state index in [0.29, 0.717) is 6.04 Å².